The molecule has 0 heterocycles. The molecule has 6 nitrogen and oxygen atoms in total. The number of carboxylic acid groups (broad SMARTS) is 2. The summed E-state index contributed by atoms with van der Waals surface area (Å²) in [5.41, 5.74) is 0. The molecule has 0 spiro atoms. The summed E-state index contributed by atoms with van der Waals surface area (Å²) in [5.74, 6) is 1.82. The molecule has 20 heavy (non-hydrogen) atoms. The van der Waals surface area contributed by atoms with Gasteiger partial charge in [0.2, 0.25) is 0 Å². The number of amides is 2. The lowest BCUT2D eigenvalue weighted by Crippen LogP contribution is -2.30. The van der Waals surface area contributed by atoms with Crippen molar-refractivity contribution in [3.05, 3.63) is 0 Å². The summed E-state index contributed by atoms with van der Waals surface area (Å²) >= 11 is 0. The molecule has 0 aromatic heterocycles. The van der Waals surface area contributed by atoms with Crippen molar-refractivity contribution in [3.8, 4) is 0 Å². The van der Waals surface area contributed by atoms with Crippen LogP contribution in [-0.2, 0) is 0 Å². The molecule has 0 aromatic rings. The molecule has 0 saturated heterocycles. The average Bonchev–Trinajstić information content (AvgIpc) is 2.40. The van der Waals surface area contributed by atoms with Gasteiger partial charge in [-0.3, -0.25) is 0 Å². The van der Waals surface area contributed by atoms with Crippen LogP contribution in [0, 0.1) is 0 Å². The van der Waals surface area contributed by atoms with Crippen molar-refractivity contribution >= 4 is 33.8 Å². The highest BCUT2D eigenvalue weighted by molar-refractivity contribution is 8.76. The van der Waals surface area contributed by atoms with Crippen LogP contribution in [0.25, 0.3) is 0 Å². The summed E-state index contributed by atoms with van der Waals surface area (Å²) in [6.07, 6.45) is -0.0425. The first-order valence-electron chi connectivity index (χ1n) is 6.73. The molecule has 0 aromatic carbocycles. The summed E-state index contributed by atoms with van der Waals surface area (Å²) in [6.45, 7) is 5.85. The second kappa shape index (κ2) is 12.0. The maximum atomic E-state index is 10.7. The van der Waals surface area contributed by atoms with Crippen LogP contribution in [0.1, 0.15) is 26.7 Å². The number of nitrogens with zero attached hydrogens (tertiary/aromatic N) is 2. The van der Waals surface area contributed by atoms with Crippen LogP contribution in [0.15, 0.2) is 0 Å². The standard InChI is InChI=1S/C12H24N2O4S2/c1-3-13(11(15)16)7-5-9-19-20-10-6-8-14(4-2)12(17)18/h3-10H2,1-2H3,(H,15,16)(H,17,18). The average molecular weight is 324 g/mol. The van der Waals surface area contributed by atoms with E-state index in [1.807, 2.05) is 13.8 Å². The number of hydrogen-bond acceptors (Lipinski definition) is 4. The smallest absolute Gasteiger partial charge is 0.407 e. The summed E-state index contributed by atoms with van der Waals surface area (Å²) < 4.78 is 0. The van der Waals surface area contributed by atoms with Crippen molar-refractivity contribution < 1.29 is 19.8 Å². The van der Waals surface area contributed by atoms with Gasteiger partial charge in [-0.15, -0.1) is 0 Å². The zero-order chi connectivity index (χ0) is 15.4. The van der Waals surface area contributed by atoms with E-state index in [-0.39, 0.29) is 0 Å². The first-order valence-corrected chi connectivity index (χ1v) is 9.21. The molecule has 0 unspecified atom stereocenters. The van der Waals surface area contributed by atoms with E-state index in [2.05, 4.69) is 0 Å². The van der Waals surface area contributed by atoms with Gasteiger partial charge in [0.25, 0.3) is 0 Å². The Morgan fingerprint density at radius 2 is 1.20 bits per heavy atom. The molecule has 0 aliphatic heterocycles. The molecule has 0 bridgehead atoms. The summed E-state index contributed by atoms with van der Waals surface area (Å²) in [5, 5.41) is 17.7. The van der Waals surface area contributed by atoms with Gasteiger partial charge in [0.05, 0.1) is 0 Å². The SMILES string of the molecule is CCN(CCCSSCCCN(CC)C(=O)O)C(=O)O. The molecule has 0 radical (unpaired) electrons. The van der Waals surface area contributed by atoms with Gasteiger partial charge in [0, 0.05) is 37.7 Å². The zero-order valence-corrected chi connectivity index (χ0v) is 13.7. The van der Waals surface area contributed by atoms with E-state index in [0.29, 0.717) is 26.2 Å². The molecule has 0 rings (SSSR count). The third kappa shape index (κ3) is 9.19. The van der Waals surface area contributed by atoms with Crippen LogP contribution < -0.4 is 0 Å². The molecule has 0 aliphatic carbocycles. The molecular formula is C12H24N2O4S2. The van der Waals surface area contributed by atoms with Crippen LogP contribution in [-0.4, -0.2) is 69.9 Å². The fourth-order valence-corrected chi connectivity index (χ4v) is 3.67. The van der Waals surface area contributed by atoms with E-state index in [1.165, 1.54) is 9.80 Å². The van der Waals surface area contributed by atoms with E-state index in [4.69, 9.17) is 10.2 Å². The first-order chi connectivity index (χ1) is 9.52. The van der Waals surface area contributed by atoms with Crippen LogP contribution >= 0.6 is 21.6 Å². The van der Waals surface area contributed by atoms with Crippen LogP contribution in [0.4, 0.5) is 9.59 Å². The summed E-state index contributed by atoms with van der Waals surface area (Å²) in [7, 11) is 3.43. The van der Waals surface area contributed by atoms with E-state index in [1.54, 1.807) is 21.6 Å². The van der Waals surface area contributed by atoms with Gasteiger partial charge in [0.1, 0.15) is 0 Å². The zero-order valence-electron chi connectivity index (χ0n) is 12.1. The molecule has 2 N–H and O–H groups in total. The minimum atomic E-state index is -0.863. The quantitative estimate of drug-likeness (QED) is 0.449. The highest BCUT2D eigenvalue weighted by atomic mass is 33.1. The Labute approximate surface area is 128 Å². The topological polar surface area (TPSA) is 81.1 Å². The predicted molar refractivity (Wildman–Crippen MR) is 84.7 cm³/mol. The third-order valence-corrected chi connectivity index (χ3v) is 5.28. The molecule has 118 valence electrons. The van der Waals surface area contributed by atoms with Crippen molar-refractivity contribution in [1.82, 2.24) is 9.80 Å². The Balaban J connectivity index is 3.45. The summed E-state index contributed by atoms with van der Waals surface area (Å²) in [4.78, 5) is 24.3. The Bertz CT molecular complexity index is 265. The minimum Gasteiger partial charge on any atom is -0.465 e. The molecule has 0 saturated carbocycles. The lowest BCUT2D eigenvalue weighted by Gasteiger charge is -2.16. The van der Waals surface area contributed by atoms with Crippen molar-refractivity contribution in [1.29, 1.82) is 0 Å². The Morgan fingerprint density at radius 3 is 1.45 bits per heavy atom. The van der Waals surface area contributed by atoms with Gasteiger partial charge in [-0.05, 0) is 26.7 Å². The summed E-state index contributed by atoms with van der Waals surface area (Å²) in [6, 6.07) is 0. The fraction of sp³-hybridized carbons (Fsp3) is 0.833. The molecule has 8 heteroatoms. The van der Waals surface area contributed by atoms with Gasteiger partial charge in [-0.25, -0.2) is 9.59 Å². The third-order valence-electron chi connectivity index (χ3n) is 2.70. The van der Waals surface area contributed by atoms with Gasteiger partial charge >= 0.3 is 12.2 Å². The van der Waals surface area contributed by atoms with Crippen molar-refractivity contribution in [2.45, 2.75) is 26.7 Å². The van der Waals surface area contributed by atoms with E-state index < -0.39 is 12.2 Å². The van der Waals surface area contributed by atoms with Crippen LogP contribution in [0.2, 0.25) is 0 Å². The van der Waals surface area contributed by atoms with Crippen LogP contribution in [0.3, 0.4) is 0 Å². The predicted octanol–water partition coefficient (Wildman–Crippen LogP) is 3.15. The number of rotatable bonds is 11. The second-order valence-corrected chi connectivity index (χ2v) is 6.78. The van der Waals surface area contributed by atoms with Gasteiger partial charge in [-0.2, -0.15) is 0 Å². The molecule has 0 atom stereocenters. The molecule has 0 aliphatic rings. The maximum absolute atomic E-state index is 10.7. The monoisotopic (exact) mass is 324 g/mol. The molecule has 0 fully saturated rings. The van der Waals surface area contributed by atoms with Crippen molar-refractivity contribution in [3.63, 3.8) is 0 Å². The largest absolute Gasteiger partial charge is 0.465 e. The Kier molecular flexibility index (Phi) is 11.6. The van der Waals surface area contributed by atoms with E-state index >= 15 is 0 Å². The fourth-order valence-electron chi connectivity index (χ4n) is 1.52. The van der Waals surface area contributed by atoms with E-state index in [9.17, 15) is 9.59 Å². The van der Waals surface area contributed by atoms with E-state index in [0.717, 1.165) is 24.3 Å². The normalized spacial score (nSPS) is 10.3. The first kappa shape index (κ1) is 19.2. The Hall–Kier alpha value is -0.760. The molecular weight excluding hydrogens is 300 g/mol. The minimum absolute atomic E-state index is 0.523. The van der Waals surface area contributed by atoms with Gasteiger partial charge in [0.15, 0.2) is 0 Å². The number of carbonyl (C=O) groups is 2. The highest BCUT2D eigenvalue weighted by Crippen LogP contribution is 2.22. The Morgan fingerprint density at radius 1 is 0.850 bits per heavy atom. The lowest BCUT2D eigenvalue weighted by molar-refractivity contribution is 0.147. The van der Waals surface area contributed by atoms with Gasteiger partial charge < -0.3 is 20.0 Å². The maximum Gasteiger partial charge on any atom is 0.407 e. The molecule has 2 amide bonds. The van der Waals surface area contributed by atoms with Gasteiger partial charge in [-0.1, -0.05) is 21.6 Å². The van der Waals surface area contributed by atoms with Crippen molar-refractivity contribution in [2.75, 3.05) is 37.7 Å². The van der Waals surface area contributed by atoms with Crippen LogP contribution in [0.5, 0.6) is 0 Å². The lowest BCUT2D eigenvalue weighted by atomic mass is 10.4. The second-order valence-electron chi connectivity index (χ2n) is 4.08. The van der Waals surface area contributed by atoms with Crippen molar-refractivity contribution in [2.24, 2.45) is 0 Å². The number of hydrogen-bond donors (Lipinski definition) is 2. The highest BCUT2D eigenvalue weighted by Gasteiger charge is 2.08.